The highest BCUT2D eigenvalue weighted by Crippen LogP contribution is 2.41. The largest absolute Gasteiger partial charge is 0.462 e. The lowest BCUT2D eigenvalue weighted by atomic mass is 10.0. The first-order valence-corrected chi connectivity index (χ1v) is 11.7. The Balaban J connectivity index is 1.51. The maximum absolute atomic E-state index is 12.8. The Kier molecular flexibility index (Phi) is 5.61. The van der Waals surface area contributed by atoms with Crippen LogP contribution in [0.15, 0.2) is 53.9 Å². The summed E-state index contributed by atoms with van der Waals surface area (Å²) in [5.74, 6) is 0.993. The molecule has 0 N–H and O–H groups in total. The van der Waals surface area contributed by atoms with Crippen molar-refractivity contribution in [2.75, 3.05) is 6.61 Å². The highest BCUT2D eigenvalue weighted by Gasteiger charge is 2.30. The molecule has 3 aromatic heterocycles. The number of benzene rings is 1. The molecule has 5 rings (SSSR count). The monoisotopic (exact) mass is 445 g/mol. The van der Waals surface area contributed by atoms with Crippen molar-refractivity contribution in [1.82, 2.24) is 24.7 Å². The molecule has 32 heavy (non-hydrogen) atoms. The molecule has 8 heteroatoms. The lowest BCUT2D eigenvalue weighted by Gasteiger charge is -2.14. The summed E-state index contributed by atoms with van der Waals surface area (Å²) in [5.41, 5.74) is 3.96. The van der Waals surface area contributed by atoms with Gasteiger partial charge in [-0.25, -0.2) is 4.79 Å². The first kappa shape index (κ1) is 20.6. The molecule has 1 aromatic carbocycles. The van der Waals surface area contributed by atoms with Crippen molar-refractivity contribution < 1.29 is 9.53 Å². The number of nitrogens with zero attached hydrogens (tertiary/aromatic N) is 5. The Morgan fingerprint density at radius 3 is 2.78 bits per heavy atom. The second-order valence-electron chi connectivity index (χ2n) is 7.73. The van der Waals surface area contributed by atoms with E-state index in [-0.39, 0.29) is 5.97 Å². The molecule has 162 valence electrons. The van der Waals surface area contributed by atoms with E-state index in [1.807, 2.05) is 56.4 Å². The zero-order chi connectivity index (χ0) is 22.1. The van der Waals surface area contributed by atoms with Gasteiger partial charge in [-0.3, -0.25) is 14.5 Å². The molecule has 0 bridgehead atoms. The Hall–Kier alpha value is -3.26. The molecule has 0 atom stereocenters. The number of ether oxygens (including phenoxy) is 1. The fraction of sp³-hybridized carbons (Fsp3) is 0.292. The number of carbonyl (C=O) groups excluding carboxylic acids is 1. The van der Waals surface area contributed by atoms with Gasteiger partial charge in [-0.05, 0) is 50.5 Å². The van der Waals surface area contributed by atoms with Crippen molar-refractivity contribution in [3.63, 3.8) is 0 Å². The van der Waals surface area contributed by atoms with E-state index in [4.69, 9.17) is 9.72 Å². The van der Waals surface area contributed by atoms with Gasteiger partial charge in [-0.15, -0.1) is 10.2 Å². The summed E-state index contributed by atoms with van der Waals surface area (Å²) in [5, 5.41) is 10.7. The van der Waals surface area contributed by atoms with Gasteiger partial charge in [0, 0.05) is 35.1 Å². The maximum atomic E-state index is 12.8. The van der Waals surface area contributed by atoms with Crippen LogP contribution in [0.25, 0.3) is 22.3 Å². The van der Waals surface area contributed by atoms with Crippen molar-refractivity contribution in [3.8, 4) is 11.4 Å². The number of pyridine rings is 2. The summed E-state index contributed by atoms with van der Waals surface area (Å²) >= 11 is 1.55. The summed E-state index contributed by atoms with van der Waals surface area (Å²) in [7, 11) is 0. The van der Waals surface area contributed by atoms with Crippen LogP contribution in [0.4, 0.5) is 0 Å². The SMILES string of the molecule is CCOC(=O)c1c(CSc2nnc(-c3cccnc3)n2C2CC2)nc2ccccc2c1C. The second kappa shape index (κ2) is 8.70. The normalized spacial score (nSPS) is 13.4. The minimum atomic E-state index is -0.335. The number of thioether (sulfide) groups is 1. The number of fused-ring (bicyclic) bond motifs is 1. The van der Waals surface area contributed by atoms with E-state index >= 15 is 0 Å². The van der Waals surface area contributed by atoms with E-state index in [1.54, 1.807) is 18.0 Å². The summed E-state index contributed by atoms with van der Waals surface area (Å²) in [4.78, 5) is 21.8. The van der Waals surface area contributed by atoms with Crippen molar-refractivity contribution in [2.24, 2.45) is 0 Å². The van der Waals surface area contributed by atoms with Gasteiger partial charge < -0.3 is 4.74 Å². The van der Waals surface area contributed by atoms with E-state index in [1.165, 1.54) is 0 Å². The van der Waals surface area contributed by atoms with E-state index in [2.05, 4.69) is 19.7 Å². The van der Waals surface area contributed by atoms with Gasteiger partial charge in [-0.2, -0.15) is 0 Å². The molecule has 0 saturated heterocycles. The van der Waals surface area contributed by atoms with Crippen LogP contribution in [-0.2, 0) is 10.5 Å². The first-order chi connectivity index (χ1) is 15.7. The fourth-order valence-electron chi connectivity index (χ4n) is 3.88. The average Bonchev–Trinajstić information content (AvgIpc) is 3.57. The zero-order valence-electron chi connectivity index (χ0n) is 18.0. The number of aromatic nitrogens is 5. The minimum absolute atomic E-state index is 0.322. The fourth-order valence-corrected chi connectivity index (χ4v) is 4.83. The number of para-hydroxylation sites is 1. The molecule has 1 saturated carbocycles. The lowest BCUT2D eigenvalue weighted by Crippen LogP contribution is -2.12. The highest BCUT2D eigenvalue weighted by atomic mass is 32.2. The zero-order valence-corrected chi connectivity index (χ0v) is 18.8. The predicted molar refractivity (Wildman–Crippen MR) is 124 cm³/mol. The van der Waals surface area contributed by atoms with Crippen molar-refractivity contribution >= 4 is 28.6 Å². The lowest BCUT2D eigenvalue weighted by molar-refractivity contribution is 0.0524. The third-order valence-corrected chi connectivity index (χ3v) is 6.50. The van der Waals surface area contributed by atoms with Crippen molar-refractivity contribution in [1.29, 1.82) is 0 Å². The van der Waals surface area contributed by atoms with Crippen LogP contribution in [-0.4, -0.2) is 37.3 Å². The molecule has 0 amide bonds. The van der Waals surface area contributed by atoms with E-state index in [0.29, 0.717) is 29.7 Å². The van der Waals surface area contributed by atoms with E-state index in [9.17, 15) is 4.79 Å². The first-order valence-electron chi connectivity index (χ1n) is 10.7. The highest BCUT2D eigenvalue weighted by molar-refractivity contribution is 7.98. The van der Waals surface area contributed by atoms with Crippen LogP contribution >= 0.6 is 11.8 Å². The molecular formula is C24H23N5O2S. The number of carbonyl (C=O) groups is 1. The molecule has 7 nitrogen and oxygen atoms in total. The van der Waals surface area contributed by atoms with Crippen molar-refractivity contribution in [3.05, 3.63) is 65.6 Å². The second-order valence-corrected chi connectivity index (χ2v) is 8.68. The molecule has 1 aliphatic rings. The Labute approximate surface area is 190 Å². The molecule has 0 spiro atoms. The molecular weight excluding hydrogens is 422 g/mol. The van der Waals surface area contributed by atoms with Gasteiger partial charge in [0.05, 0.1) is 23.4 Å². The molecule has 0 unspecified atom stereocenters. The van der Waals surface area contributed by atoms with Gasteiger partial charge in [0.1, 0.15) is 0 Å². The smallest absolute Gasteiger partial charge is 0.340 e. The van der Waals surface area contributed by atoms with Gasteiger partial charge in [-0.1, -0.05) is 30.0 Å². The maximum Gasteiger partial charge on any atom is 0.340 e. The Bertz CT molecular complexity index is 1280. The third kappa shape index (κ3) is 3.86. The Morgan fingerprint density at radius 2 is 2.03 bits per heavy atom. The molecule has 1 aliphatic carbocycles. The topological polar surface area (TPSA) is 82.8 Å². The number of aryl methyl sites for hydroxylation is 1. The van der Waals surface area contributed by atoms with Crippen LogP contribution in [0.3, 0.4) is 0 Å². The molecule has 0 radical (unpaired) electrons. The quantitative estimate of drug-likeness (QED) is 0.292. The summed E-state index contributed by atoms with van der Waals surface area (Å²) in [6, 6.07) is 12.2. The number of rotatable bonds is 7. The minimum Gasteiger partial charge on any atom is -0.462 e. The van der Waals surface area contributed by atoms with Gasteiger partial charge in [0.25, 0.3) is 0 Å². The molecule has 1 fully saturated rings. The van der Waals surface area contributed by atoms with E-state index < -0.39 is 0 Å². The molecule has 4 aromatic rings. The average molecular weight is 446 g/mol. The van der Waals surface area contributed by atoms with E-state index in [0.717, 1.165) is 45.9 Å². The summed E-state index contributed by atoms with van der Waals surface area (Å²) in [6.07, 6.45) is 5.78. The number of hydrogen-bond acceptors (Lipinski definition) is 7. The van der Waals surface area contributed by atoms with Crippen LogP contribution in [0, 0.1) is 6.92 Å². The molecule has 0 aliphatic heterocycles. The van der Waals surface area contributed by atoms with Gasteiger partial charge in [0.15, 0.2) is 11.0 Å². The van der Waals surface area contributed by atoms with Crippen LogP contribution in [0.2, 0.25) is 0 Å². The number of hydrogen-bond donors (Lipinski definition) is 0. The summed E-state index contributed by atoms with van der Waals surface area (Å²) < 4.78 is 7.55. The Morgan fingerprint density at radius 1 is 1.19 bits per heavy atom. The molecule has 3 heterocycles. The van der Waals surface area contributed by atoms with Gasteiger partial charge >= 0.3 is 5.97 Å². The van der Waals surface area contributed by atoms with Crippen LogP contribution < -0.4 is 0 Å². The standard InChI is InChI=1S/C24H23N5O2S/c1-3-31-23(30)21-15(2)18-8-4-5-9-19(18)26-20(21)14-32-24-28-27-22(29(24)17-10-11-17)16-7-6-12-25-13-16/h4-9,12-13,17H,3,10-11,14H2,1-2H3. The van der Waals surface area contributed by atoms with Crippen molar-refractivity contribution in [2.45, 2.75) is 43.6 Å². The van der Waals surface area contributed by atoms with Crippen LogP contribution in [0.1, 0.15) is 47.4 Å². The predicted octanol–water partition coefficient (Wildman–Crippen LogP) is 5.00. The van der Waals surface area contributed by atoms with Gasteiger partial charge in [0.2, 0.25) is 0 Å². The van der Waals surface area contributed by atoms with Crippen LogP contribution in [0.5, 0.6) is 0 Å². The summed E-state index contributed by atoms with van der Waals surface area (Å²) in [6.45, 7) is 4.09. The third-order valence-electron chi connectivity index (χ3n) is 5.54. The number of esters is 1.